The van der Waals surface area contributed by atoms with E-state index >= 15 is 0 Å². The van der Waals surface area contributed by atoms with Gasteiger partial charge < -0.3 is 69.7 Å². The number of aromatic nitrogens is 3. The molecule has 10 amide bonds. The third kappa shape index (κ3) is 18.5. The molecule has 2 aromatic heterocycles. The molecular formula is C45H68N14O10S2. The Morgan fingerprint density at radius 3 is 1.72 bits per heavy atom. The van der Waals surface area contributed by atoms with Crippen molar-refractivity contribution in [2.45, 2.75) is 128 Å². The Hall–Kier alpha value is -6.67. The van der Waals surface area contributed by atoms with E-state index in [2.05, 4.69) is 82.7 Å². The van der Waals surface area contributed by atoms with Crippen LogP contribution in [0.15, 0.2) is 43.0 Å². The van der Waals surface area contributed by atoms with Crippen LogP contribution in [-0.2, 0) is 60.8 Å². The fourth-order valence-electron chi connectivity index (χ4n) is 7.06. The third-order valence-electron chi connectivity index (χ3n) is 11.1. The van der Waals surface area contributed by atoms with Crippen molar-refractivity contribution in [3.8, 4) is 0 Å². The maximum absolute atomic E-state index is 14.0. The lowest BCUT2D eigenvalue weighted by molar-refractivity contribution is -0.136. The first-order valence-electron chi connectivity index (χ1n) is 23.0. The van der Waals surface area contributed by atoms with Crippen molar-refractivity contribution in [1.82, 2.24) is 57.5 Å². The molecule has 24 nitrogen and oxygen atoms in total. The largest absolute Gasteiger partial charge is 0.370 e. The fraction of sp³-hybridized carbons (Fsp3) is 0.533. The quantitative estimate of drug-likeness (QED) is 0.0315. The van der Waals surface area contributed by atoms with Gasteiger partial charge in [0.1, 0.15) is 48.3 Å². The summed E-state index contributed by atoms with van der Waals surface area (Å²) in [5, 5.41) is 21.4. The minimum atomic E-state index is -1.35. The molecule has 71 heavy (non-hydrogen) atoms. The maximum Gasteiger partial charge on any atom is 0.243 e. The van der Waals surface area contributed by atoms with E-state index in [9.17, 15) is 47.9 Å². The number of para-hydroxylation sites is 1. The van der Waals surface area contributed by atoms with Gasteiger partial charge in [-0.1, -0.05) is 45.9 Å². The first-order chi connectivity index (χ1) is 33.4. The molecule has 3 aromatic rings. The summed E-state index contributed by atoms with van der Waals surface area (Å²) in [5.41, 5.74) is 18.3. The van der Waals surface area contributed by atoms with Crippen molar-refractivity contribution in [3.63, 3.8) is 0 Å². The number of rotatable bonds is 29. The smallest absolute Gasteiger partial charge is 0.243 e. The maximum atomic E-state index is 14.0. The fourth-order valence-corrected chi connectivity index (χ4v) is 7.49. The Balaban J connectivity index is 1.77. The molecule has 0 saturated heterocycles. The van der Waals surface area contributed by atoms with Gasteiger partial charge in [-0.25, -0.2) is 4.98 Å². The summed E-state index contributed by atoms with van der Waals surface area (Å²) >= 11 is 8.09. The summed E-state index contributed by atoms with van der Waals surface area (Å²) < 4.78 is 0. The molecule has 390 valence electrons. The zero-order valence-corrected chi connectivity index (χ0v) is 42.3. The number of thiol groups is 2. The van der Waals surface area contributed by atoms with Gasteiger partial charge in [0.2, 0.25) is 59.1 Å². The predicted molar refractivity (Wildman–Crippen MR) is 269 cm³/mol. The molecule has 16 N–H and O–H groups in total. The molecule has 0 unspecified atom stereocenters. The highest BCUT2D eigenvalue weighted by molar-refractivity contribution is 7.80. The van der Waals surface area contributed by atoms with Gasteiger partial charge in [-0.05, 0) is 50.2 Å². The predicted octanol–water partition coefficient (Wildman–Crippen LogP) is -2.77. The van der Waals surface area contributed by atoms with Crippen LogP contribution in [-0.4, -0.2) is 140 Å². The van der Waals surface area contributed by atoms with Crippen LogP contribution < -0.4 is 59.7 Å². The molecule has 0 aliphatic carbocycles. The van der Waals surface area contributed by atoms with Gasteiger partial charge in [0, 0.05) is 59.8 Å². The molecule has 0 radical (unpaired) electrons. The van der Waals surface area contributed by atoms with Crippen molar-refractivity contribution in [3.05, 3.63) is 54.2 Å². The van der Waals surface area contributed by atoms with Gasteiger partial charge in [0.05, 0.1) is 12.4 Å². The van der Waals surface area contributed by atoms with Crippen molar-refractivity contribution in [2.75, 3.05) is 11.5 Å². The van der Waals surface area contributed by atoms with Crippen LogP contribution in [0.3, 0.4) is 0 Å². The second-order valence-electron chi connectivity index (χ2n) is 17.8. The van der Waals surface area contributed by atoms with Gasteiger partial charge in [-0.15, -0.1) is 0 Å². The standard InChI is InChI=1S/C45H68N14O10S2/c1-21(2)13-31(43(67)58-34(19-71)37(48)61)56-44(68)33(15-26-17-49-20-51-26)55-38(62)23(5)53-45(69)36(22(3)4)59-39(63)24(6)52-42(66)32(14-25-16-50-29-10-8-7-9-27(25)29)57-41(65)30(11-12-35(47)60)54-40(64)28(46)18-70/h7-10,16-17,20-24,28,30-34,36,50,70-71H,11-15,18-19,46H2,1-6H3,(H2,47,60)(H2,48,61)(H,49,51)(H,52,66)(H,53,69)(H,54,64)(H,55,62)(H,56,68)(H,57,65)(H,58,67)(H,59,63)/t23-,24+,28-,30+,31+,32+,33+,34+,36+/m1/s1. The number of hydrogen-bond donors (Lipinski definition) is 15. The van der Waals surface area contributed by atoms with Crippen LogP contribution in [0, 0.1) is 11.8 Å². The Bertz CT molecular complexity index is 2350. The molecule has 0 saturated carbocycles. The van der Waals surface area contributed by atoms with Crippen LogP contribution in [0.2, 0.25) is 0 Å². The van der Waals surface area contributed by atoms with Crippen molar-refractivity contribution < 1.29 is 47.9 Å². The number of hydrogen-bond acceptors (Lipinski definition) is 14. The summed E-state index contributed by atoms with van der Waals surface area (Å²) in [6.45, 7) is 9.63. The normalized spacial score (nSPS) is 15.1. The van der Waals surface area contributed by atoms with E-state index in [0.29, 0.717) is 11.3 Å². The van der Waals surface area contributed by atoms with E-state index in [0.717, 1.165) is 10.9 Å². The van der Waals surface area contributed by atoms with E-state index in [-0.39, 0.29) is 49.5 Å². The molecule has 9 atom stereocenters. The number of aromatic amines is 2. The van der Waals surface area contributed by atoms with E-state index in [4.69, 9.17) is 17.2 Å². The third-order valence-corrected chi connectivity index (χ3v) is 11.9. The molecule has 26 heteroatoms. The average Bonchev–Trinajstić information content (AvgIpc) is 3.99. The number of imidazole rings is 1. The van der Waals surface area contributed by atoms with E-state index in [1.165, 1.54) is 26.4 Å². The van der Waals surface area contributed by atoms with Gasteiger partial charge in [0.15, 0.2) is 0 Å². The SMILES string of the molecule is CC(C)C[C@H](NC(=O)[C@H](Cc1cnc[nH]1)NC(=O)[C@@H](C)NC(=O)[C@@H](NC(=O)[C@H](C)NC(=O)[C@H](Cc1c[nH]c2ccccc12)NC(=O)[C@H](CCC(N)=O)NC(=O)[C@H](N)CS)C(C)C)C(=O)N[C@@H](CS)C(N)=O. The molecule has 3 rings (SSSR count). The highest BCUT2D eigenvalue weighted by Crippen LogP contribution is 2.20. The highest BCUT2D eigenvalue weighted by Gasteiger charge is 2.35. The molecule has 0 aliphatic heterocycles. The first-order valence-corrected chi connectivity index (χ1v) is 24.2. The zero-order valence-electron chi connectivity index (χ0n) is 40.5. The summed E-state index contributed by atoms with van der Waals surface area (Å²) in [5.74, 6) is -8.57. The Morgan fingerprint density at radius 1 is 0.606 bits per heavy atom. The second kappa shape index (κ2) is 28.2. The Kier molecular flexibility index (Phi) is 23.3. The molecule has 1 aromatic carbocycles. The number of H-pyrrole nitrogens is 2. The van der Waals surface area contributed by atoms with Crippen LogP contribution in [0.25, 0.3) is 10.9 Å². The lowest BCUT2D eigenvalue weighted by atomic mass is 10.0. The number of fused-ring (bicyclic) bond motifs is 1. The number of amides is 10. The summed E-state index contributed by atoms with van der Waals surface area (Å²) in [6, 6.07) is -3.94. The lowest BCUT2D eigenvalue weighted by Gasteiger charge is -2.28. The van der Waals surface area contributed by atoms with Crippen LogP contribution >= 0.6 is 25.3 Å². The average molecular weight is 1030 g/mol. The lowest BCUT2D eigenvalue weighted by Crippen LogP contribution is -2.61. The monoisotopic (exact) mass is 1030 g/mol. The number of carbonyl (C=O) groups excluding carboxylic acids is 10. The number of nitrogens with two attached hydrogens (primary N) is 3. The molecule has 0 aliphatic rings. The minimum Gasteiger partial charge on any atom is -0.370 e. The molecule has 0 spiro atoms. The van der Waals surface area contributed by atoms with Crippen LogP contribution in [0.5, 0.6) is 0 Å². The number of nitrogens with zero attached hydrogens (tertiary/aromatic N) is 1. The number of nitrogens with one attached hydrogen (secondary N) is 10. The molecule has 2 heterocycles. The van der Waals surface area contributed by atoms with Gasteiger partial charge in [-0.2, -0.15) is 25.3 Å². The van der Waals surface area contributed by atoms with E-state index < -0.39 is 119 Å². The Labute approximate surface area is 422 Å². The van der Waals surface area contributed by atoms with Crippen LogP contribution in [0.1, 0.15) is 72.1 Å². The molecule has 0 bridgehead atoms. The number of primary amides is 2. The van der Waals surface area contributed by atoms with E-state index in [1.807, 2.05) is 32.0 Å². The van der Waals surface area contributed by atoms with Gasteiger partial charge in [-0.3, -0.25) is 47.9 Å². The van der Waals surface area contributed by atoms with Crippen LogP contribution in [0.4, 0.5) is 0 Å². The summed E-state index contributed by atoms with van der Waals surface area (Å²) in [6.07, 6.45) is 3.93. The summed E-state index contributed by atoms with van der Waals surface area (Å²) in [4.78, 5) is 142. The summed E-state index contributed by atoms with van der Waals surface area (Å²) in [7, 11) is 0. The van der Waals surface area contributed by atoms with Crippen molar-refractivity contribution >= 4 is 95.2 Å². The van der Waals surface area contributed by atoms with Crippen molar-refractivity contribution in [2.24, 2.45) is 29.0 Å². The second-order valence-corrected chi connectivity index (χ2v) is 18.6. The van der Waals surface area contributed by atoms with Crippen molar-refractivity contribution in [1.29, 1.82) is 0 Å². The van der Waals surface area contributed by atoms with Gasteiger partial charge in [0.25, 0.3) is 0 Å². The number of benzene rings is 1. The van der Waals surface area contributed by atoms with E-state index in [1.54, 1.807) is 26.1 Å². The highest BCUT2D eigenvalue weighted by atomic mass is 32.1. The molecular weight excluding hydrogens is 961 g/mol. The first kappa shape index (κ1) is 58.6. The van der Waals surface area contributed by atoms with Gasteiger partial charge >= 0.3 is 0 Å². The Morgan fingerprint density at radius 2 is 1.14 bits per heavy atom. The minimum absolute atomic E-state index is 0.0488. The number of carbonyl (C=O) groups is 10. The molecule has 0 fully saturated rings. The topological polar surface area (TPSA) is 389 Å². The zero-order chi connectivity index (χ0) is 53.1.